The molecule has 0 amide bonds. The van der Waals surface area contributed by atoms with Crippen molar-refractivity contribution >= 4 is 10.0 Å². The van der Waals surface area contributed by atoms with Gasteiger partial charge in [0.25, 0.3) is 0 Å². The van der Waals surface area contributed by atoms with Crippen LogP contribution in [0.3, 0.4) is 0 Å². The molecular weight excluding hydrogens is 202 g/mol. The molecule has 2 N–H and O–H groups in total. The molecule has 0 aromatic heterocycles. The molecule has 0 saturated heterocycles. The van der Waals surface area contributed by atoms with Gasteiger partial charge in [0.2, 0.25) is 10.0 Å². The third kappa shape index (κ3) is 4.39. The lowest BCUT2D eigenvalue weighted by Gasteiger charge is -2.28. The second kappa shape index (κ2) is 5.09. The normalized spacial score (nSPS) is 29.0. The van der Waals surface area contributed by atoms with Crippen LogP contribution in [-0.2, 0) is 14.8 Å². The first-order valence-electron chi connectivity index (χ1n) is 5.11. The van der Waals surface area contributed by atoms with Crippen LogP contribution in [0.5, 0.6) is 0 Å². The molecule has 0 aliphatic heterocycles. The highest BCUT2D eigenvalue weighted by Gasteiger charge is 2.21. The van der Waals surface area contributed by atoms with Crippen molar-refractivity contribution in [2.45, 2.75) is 38.7 Å². The molecule has 5 heteroatoms. The summed E-state index contributed by atoms with van der Waals surface area (Å²) in [7, 11) is -3.37. The van der Waals surface area contributed by atoms with Crippen LogP contribution in [0.2, 0.25) is 0 Å². The summed E-state index contributed by atoms with van der Waals surface area (Å²) in [6.07, 6.45) is 4.90. The maximum absolute atomic E-state index is 10.7. The van der Waals surface area contributed by atoms with Gasteiger partial charge in [-0.2, -0.15) is 0 Å². The molecule has 14 heavy (non-hydrogen) atoms. The van der Waals surface area contributed by atoms with E-state index in [1.54, 1.807) is 0 Å². The largest absolute Gasteiger partial charge is 0.377 e. The molecule has 2 unspecified atom stereocenters. The van der Waals surface area contributed by atoms with Crippen molar-refractivity contribution in [3.8, 4) is 0 Å². The Labute approximate surface area is 85.9 Å². The Morgan fingerprint density at radius 2 is 2.00 bits per heavy atom. The average molecular weight is 221 g/mol. The van der Waals surface area contributed by atoms with Crippen molar-refractivity contribution in [3.63, 3.8) is 0 Å². The summed E-state index contributed by atoms with van der Waals surface area (Å²) >= 11 is 0. The highest BCUT2D eigenvalue weighted by Crippen LogP contribution is 2.25. The molecule has 0 aromatic rings. The van der Waals surface area contributed by atoms with Crippen molar-refractivity contribution < 1.29 is 13.2 Å². The zero-order chi connectivity index (χ0) is 10.6. The first kappa shape index (κ1) is 11.9. The summed E-state index contributed by atoms with van der Waals surface area (Å²) in [4.78, 5) is 0. The van der Waals surface area contributed by atoms with E-state index in [1.807, 2.05) is 0 Å². The monoisotopic (exact) mass is 221 g/mol. The van der Waals surface area contributed by atoms with Gasteiger partial charge in [-0.05, 0) is 18.8 Å². The number of hydrogen-bond donors (Lipinski definition) is 1. The summed E-state index contributed by atoms with van der Waals surface area (Å²) in [6, 6.07) is 0. The zero-order valence-corrected chi connectivity index (χ0v) is 9.42. The predicted octanol–water partition coefficient (Wildman–Crippen LogP) is 0.870. The van der Waals surface area contributed by atoms with Crippen LogP contribution >= 0.6 is 0 Å². The molecule has 1 rings (SSSR count). The standard InChI is InChI=1S/C9H19NO3S/c1-8-4-2-3-5-9(8)13-6-7-14(10,11)12/h8-9H,2-7H2,1H3,(H2,10,11,12). The molecular formula is C9H19NO3S. The van der Waals surface area contributed by atoms with E-state index in [4.69, 9.17) is 9.88 Å². The van der Waals surface area contributed by atoms with E-state index < -0.39 is 10.0 Å². The fraction of sp³-hybridized carbons (Fsp3) is 1.00. The molecule has 0 bridgehead atoms. The Kier molecular flexibility index (Phi) is 4.34. The van der Waals surface area contributed by atoms with Crippen LogP contribution in [0.4, 0.5) is 0 Å². The minimum Gasteiger partial charge on any atom is -0.377 e. The van der Waals surface area contributed by atoms with Gasteiger partial charge in [-0.3, -0.25) is 0 Å². The van der Waals surface area contributed by atoms with E-state index in [0.29, 0.717) is 5.92 Å². The second-order valence-electron chi connectivity index (χ2n) is 4.04. The van der Waals surface area contributed by atoms with Crippen LogP contribution in [-0.4, -0.2) is 26.9 Å². The fourth-order valence-corrected chi connectivity index (χ4v) is 2.17. The Morgan fingerprint density at radius 1 is 1.36 bits per heavy atom. The number of ether oxygens (including phenoxy) is 1. The van der Waals surface area contributed by atoms with Crippen LogP contribution in [0.25, 0.3) is 0 Å². The molecule has 1 aliphatic rings. The quantitative estimate of drug-likeness (QED) is 0.765. The minimum atomic E-state index is -3.37. The average Bonchev–Trinajstić information content (AvgIpc) is 2.06. The number of primary sulfonamides is 1. The van der Waals surface area contributed by atoms with Gasteiger partial charge in [-0.15, -0.1) is 0 Å². The van der Waals surface area contributed by atoms with Gasteiger partial charge in [-0.1, -0.05) is 19.8 Å². The summed E-state index contributed by atoms with van der Waals surface area (Å²) in [5.41, 5.74) is 0. The van der Waals surface area contributed by atoms with Crippen molar-refractivity contribution in [3.05, 3.63) is 0 Å². The molecule has 1 fully saturated rings. The first-order chi connectivity index (χ1) is 6.49. The Hall–Kier alpha value is -0.130. The lowest BCUT2D eigenvalue weighted by Crippen LogP contribution is -2.29. The van der Waals surface area contributed by atoms with Gasteiger partial charge in [0.05, 0.1) is 18.5 Å². The van der Waals surface area contributed by atoms with Crippen molar-refractivity contribution in [1.29, 1.82) is 0 Å². The Balaban J connectivity index is 2.23. The number of sulfonamides is 1. The van der Waals surface area contributed by atoms with E-state index in [2.05, 4.69) is 6.92 Å². The van der Waals surface area contributed by atoms with Crippen molar-refractivity contribution in [1.82, 2.24) is 0 Å². The summed E-state index contributed by atoms with van der Waals surface area (Å²) < 4.78 is 26.8. The van der Waals surface area contributed by atoms with E-state index in [9.17, 15) is 8.42 Å². The van der Waals surface area contributed by atoms with Gasteiger partial charge in [0.1, 0.15) is 0 Å². The third-order valence-electron chi connectivity index (χ3n) is 2.73. The fourth-order valence-electron chi connectivity index (χ4n) is 1.85. The molecule has 0 aromatic carbocycles. The summed E-state index contributed by atoms with van der Waals surface area (Å²) in [5.74, 6) is 0.472. The zero-order valence-electron chi connectivity index (χ0n) is 8.61. The molecule has 0 heterocycles. The van der Waals surface area contributed by atoms with Crippen LogP contribution < -0.4 is 5.14 Å². The Morgan fingerprint density at radius 3 is 2.57 bits per heavy atom. The minimum absolute atomic E-state index is 0.0732. The van der Waals surface area contributed by atoms with E-state index in [0.717, 1.165) is 6.42 Å². The molecule has 84 valence electrons. The van der Waals surface area contributed by atoms with Crippen LogP contribution in [0.15, 0.2) is 0 Å². The van der Waals surface area contributed by atoms with Crippen molar-refractivity contribution in [2.75, 3.05) is 12.4 Å². The van der Waals surface area contributed by atoms with Gasteiger partial charge in [-0.25, -0.2) is 13.6 Å². The molecule has 1 aliphatic carbocycles. The van der Waals surface area contributed by atoms with Crippen LogP contribution in [0.1, 0.15) is 32.6 Å². The Bertz CT molecular complexity index is 263. The molecule has 0 radical (unpaired) electrons. The van der Waals surface area contributed by atoms with Gasteiger partial charge in [0.15, 0.2) is 0 Å². The first-order valence-corrected chi connectivity index (χ1v) is 6.82. The molecule has 0 spiro atoms. The second-order valence-corrected chi connectivity index (χ2v) is 5.77. The SMILES string of the molecule is CC1CCCCC1OCCS(N)(=O)=O. The topological polar surface area (TPSA) is 69.4 Å². The number of hydrogen-bond acceptors (Lipinski definition) is 3. The maximum Gasteiger partial charge on any atom is 0.211 e. The van der Waals surface area contributed by atoms with Gasteiger partial charge < -0.3 is 4.74 Å². The molecule has 1 saturated carbocycles. The lowest BCUT2D eigenvalue weighted by molar-refractivity contribution is 0.00302. The van der Waals surface area contributed by atoms with Crippen LogP contribution in [0, 0.1) is 5.92 Å². The van der Waals surface area contributed by atoms with E-state index >= 15 is 0 Å². The van der Waals surface area contributed by atoms with E-state index in [-0.39, 0.29) is 18.5 Å². The smallest absolute Gasteiger partial charge is 0.211 e. The van der Waals surface area contributed by atoms with Crippen molar-refractivity contribution in [2.24, 2.45) is 11.1 Å². The van der Waals surface area contributed by atoms with E-state index in [1.165, 1.54) is 19.3 Å². The number of rotatable bonds is 4. The maximum atomic E-state index is 10.7. The van der Waals surface area contributed by atoms with Gasteiger partial charge >= 0.3 is 0 Å². The predicted molar refractivity (Wildman–Crippen MR) is 55.3 cm³/mol. The number of nitrogens with two attached hydrogens (primary N) is 1. The summed E-state index contributed by atoms with van der Waals surface area (Å²) in [5, 5.41) is 4.88. The molecule has 2 atom stereocenters. The molecule has 4 nitrogen and oxygen atoms in total. The summed E-state index contributed by atoms with van der Waals surface area (Å²) in [6.45, 7) is 2.38. The lowest BCUT2D eigenvalue weighted by atomic mass is 9.88. The highest BCUT2D eigenvalue weighted by atomic mass is 32.2. The van der Waals surface area contributed by atoms with Gasteiger partial charge in [0, 0.05) is 0 Å². The third-order valence-corrected chi connectivity index (χ3v) is 3.47. The highest BCUT2D eigenvalue weighted by molar-refractivity contribution is 7.89.